The van der Waals surface area contributed by atoms with Crippen LogP contribution in [0.5, 0.6) is 5.75 Å². The first kappa shape index (κ1) is 13.3. The van der Waals surface area contributed by atoms with Gasteiger partial charge in [-0.2, -0.15) is 0 Å². The maximum Gasteiger partial charge on any atom is 0.119 e. The van der Waals surface area contributed by atoms with E-state index >= 15 is 0 Å². The second kappa shape index (κ2) is 6.67. The van der Waals surface area contributed by atoms with Crippen LogP contribution in [0.15, 0.2) is 24.3 Å². The van der Waals surface area contributed by atoms with Crippen molar-refractivity contribution in [2.45, 2.75) is 52.0 Å². The van der Waals surface area contributed by atoms with Crippen LogP contribution in [-0.4, -0.2) is 12.6 Å². The molecule has 2 rings (SSSR count). The molecule has 2 heteroatoms. The van der Waals surface area contributed by atoms with Crippen molar-refractivity contribution in [3.05, 3.63) is 24.3 Å². The highest BCUT2D eigenvalue weighted by atomic mass is 16.5. The molecule has 1 aliphatic carbocycles. The van der Waals surface area contributed by atoms with Gasteiger partial charge in [-0.15, -0.1) is 0 Å². The Morgan fingerprint density at radius 1 is 1.17 bits per heavy atom. The lowest BCUT2D eigenvalue weighted by Crippen LogP contribution is -2.27. The van der Waals surface area contributed by atoms with E-state index in [0.29, 0.717) is 6.04 Å². The van der Waals surface area contributed by atoms with Gasteiger partial charge in [0.1, 0.15) is 5.75 Å². The van der Waals surface area contributed by atoms with Gasteiger partial charge < -0.3 is 10.1 Å². The molecule has 0 radical (unpaired) electrons. The maximum atomic E-state index is 5.45. The summed E-state index contributed by atoms with van der Waals surface area (Å²) >= 11 is 0. The van der Waals surface area contributed by atoms with Gasteiger partial charge in [0, 0.05) is 11.7 Å². The Balaban J connectivity index is 1.87. The van der Waals surface area contributed by atoms with Crippen molar-refractivity contribution >= 4 is 5.69 Å². The number of hydrogen-bond donors (Lipinski definition) is 1. The smallest absolute Gasteiger partial charge is 0.119 e. The highest BCUT2D eigenvalue weighted by Gasteiger charge is 2.19. The molecule has 2 nitrogen and oxygen atoms in total. The van der Waals surface area contributed by atoms with E-state index in [9.17, 15) is 0 Å². The third-order valence-electron chi connectivity index (χ3n) is 3.92. The van der Waals surface area contributed by atoms with Crippen LogP contribution in [0.1, 0.15) is 46.0 Å². The zero-order valence-electron chi connectivity index (χ0n) is 11.6. The molecule has 1 atom stereocenters. The Labute approximate surface area is 111 Å². The molecule has 18 heavy (non-hydrogen) atoms. The van der Waals surface area contributed by atoms with Crippen LogP contribution in [0.4, 0.5) is 5.69 Å². The van der Waals surface area contributed by atoms with Crippen molar-refractivity contribution in [3.63, 3.8) is 0 Å². The molecule has 0 bridgehead atoms. The first-order valence-electron chi connectivity index (χ1n) is 7.29. The van der Waals surface area contributed by atoms with Gasteiger partial charge >= 0.3 is 0 Å². The third-order valence-corrected chi connectivity index (χ3v) is 3.92. The van der Waals surface area contributed by atoms with E-state index in [1.807, 2.05) is 19.1 Å². The molecule has 0 amide bonds. The van der Waals surface area contributed by atoms with Crippen LogP contribution in [0, 0.1) is 5.92 Å². The van der Waals surface area contributed by atoms with Crippen molar-refractivity contribution in [3.8, 4) is 5.75 Å². The Morgan fingerprint density at radius 3 is 2.44 bits per heavy atom. The summed E-state index contributed by atoms with van der Waals surface area (Å²) in [6.45, 7) is 5.05. The molecule has 0 spiro atoms. The van der Waals surface area contributed by atoms with Gasteiger partial charge in [0.05, 0.1) is 6.61 Å². The number of ether oxygens (including phenoxy) is 1. The average molecular weight is 247 g/mol. The molecular weight excluding hydrogens is 222 g/mol. The number of hydrogen-bond acceptors (Lipinski definition) is 2. The molecule has 0 aromatic heterocycles. The van der Waals surface area contributed by atoms with Gasteiger partial charge in [0.2, 0.25) is 0 Å². The summed E-state index contributed by atoms with van der Waals surface area (Å²) in [6.07, 6.45) is 6.99. The second-order valence-electron chi connectivity index (χ2n) is 5.29. The van der Waals surface area contributed by atoms with E-state index in [4.69, 9.17) is 4.74 Å². The van der Waals surface area contributed by atoms with E-state index < -0.39 is 0 Å². The predicted molar refractivity (Wildman–Crippen MR) is 77.3 cm³/mol. The maximum absolute atomic E-state index is 5.45. The van der Waals surface area contributed by atoms with Gasteiger partial charge in [-0.3, -0.25) is 0 Å². The van der Waals surface area contributed by atoms with Crippen LogP contribution in [0.2, 0.25) is 0 Å². The minimum absolute atomic E-state index is 0.572. The minimum atomic E-state index is 0.572. The van der Waals surface area contributed by atoms with E-state index in [0.717, 1.165) is 18.3 Å². The number of anilines is 1. The SMILES string of the molecule is CCOc1ccc(NC(C)C2CCCCC2)cc1. The summed E-state index contributed by atoms with van der Waals surface area (Å²) in [5.74, 6) is 1.79. The largest absolute Gasteiger partial charge is 0.494 e. The number of nitrogens with one attached hydrogen (secondary N) is 1. The van der Waals surface area contributed by atoms with E-state index in [-0.39, 0.29) is 0 Å². The van der Waals surface area contributed by atoms with Crippen LogP contribution >= 0.6 is 0 Å². The normalized spacial score (nSPS) is 18.3. The van der Waals surface area contributed by atoms with Crippen molar-refractivity contribution in [2.24, 2.45) is 5.92 Å². The van der Waals surface area contributed by atoms with Gasteiger partial charge in [0.25, 0.3) is 0 Å². The van der Waals surface area contributed by atoms with Gasteiger partial charge in [-0.25, -0.2) is 0 Å². The van der Waals surface area contributed by atoms with Crippen LogP contribution in [-0.2, 0) is 0 Å². The lowest BCUT2D eigenvalue weighted by atomic mass is 9.84. The summed E-state index contributed by atoms with van der Waals surface area (Å²) < 4.78 is 5.45. The average Bonchev–Trinajstić information content (AvgIpc) is 2.42. The number of rotatable bonds is 5. The summed E-state index contributed by atoms with van der Waals surface area (Å²) in [7, 11) is 0. The number of benzene rings is 1. The van der Waals surface area contributed by atoms with Crippen LogP contribution < -0.4 is 10.1 Å². The lowest BCUT2D eigenvalue weighted by Gasteiger charge is -2.29. The topological polar surface area (TPSA) is 21.3 Å². The molecule has 1 aliphatic rings. The molecule has 1 unspecified atom stereocenters. The Bertz CT molecular complexity index is 341. The molecule has 1 fully saturated rings. The van der Waals surface area contributed by atoms with Crippen molar-refractivity contribution in [1.82, 2.24) is 0 Å². The van der Waals surface area contributed by atoms with Crippen molar-refractivity contribution in [1.29, 1.82) is 0 Å². The zero-order chi connectivity index (χ0) is 12.8. The summed E-state index contributed by atoms with van der Waals surface area (Å²) in [6, 6.07) is 8.89. The molecular formula is C16H25NO. The van der Waals surface area contributed by atoms with Crippen molar-refractivity contribution < 1.29 is 4.74 Å². The van der Waals surface area contributed by atoms with E-state index in [1.54, 1.807) is 0 Å². The summed E-state index contributed by atoms with van der Waals surface area (Å²) in [4.78, 5) is 0. The monoisotopic (exact) mass is 247 g/mol. The second-order valence-corrected chi connectivity index (χ2v) is 5.29. The van der Waals surface area contributed by atoms with E-state index in [2.05, 4.69) is 24.4 Å². The quantitative estimate of drug-likeness (QED) is 0.829. The first-order chi connectivity index (χ1) is 8.79. The minimum Gasteiger partial charge on any atom is -0.494 e. The summed E-state index contributed by atoms with van der Waals surface area (Å²) in [5.41, 5.74) is 1.21. The standard InChI is InChI=1S/C16H25NO/c1-3-18-16-11-9-15(10-12-16)17-13(2)14-7-5-4-6-8-14/h9-14,17H,3-8H2,1-2H3. The molecule has 0 heterocycles. The molecule has 1 aromatic carbocycles. The fraction of sp³-hybridized carbons (Fsp3) is 0.625. The van der Waals surface area contributed by atoms with Crippen LogP contribution in [0.25, 0.3) is 0 Å². The zero-order valence-corrected chi connectivity index (χ0v) is 11.6. The molecule has 1 saturated carbocycles. The first-order valence-corrected chi connectivity index (χ1v) is 7.29. The fourth-order valence-corrected chi connectivity index (χ4v) is 2.83. The Morgan fingerprint density at radius 2 is 1.83 bits per heavy atom. The predicted octanol–water partition coefficient (Wildman–Crippen LogP) is 4.47. The highest BCUT2D eigenvalue weighted by Crippen LogP contribution is 2.28. The van der Waals surface area contributed by atoms with Gasteiger partial charge in [-0.05, 0) is 56.9 Å². The third kappa shape index (κ3) is 3.66. The van der Waals surface area contributed by atoms with Gasteiger partial charge in [0.15, 0.2) is 0 Å². The molecule has 100 valence electrons. The highest BCUT2D eigenvalue weighted by molar-refractivity contribution is 5.47. The fourth-order valence-electron chi connectivity index (χ4n) is 2.83. The van der Waals surface area contributed by atoms with Crippen molar-refractivity contribution in [2.75, 3.05) is 11.9 Å². The molecule has 0 saturated heterocycles. The molecule has 0 aliphatic heterocycles. The molecule has 1 aromatic rings. The van der Waals surface area contributed by atoms with Crippen LogP contribution in [0.3, 0.4) is 0 Å². The Hall–Kier alpha value is -1.18. The van der Waals surface area contributed by atoms with Gasteiger partial charge in [-0.1, -0.05) is 19.3 Å². The van der Waals surface area contributed by atoms with E-state index in [1.165, 1.54) is 37.8 Å². The summed E-state index contributed by atoms with van der Waals surface area (Å²) in [5, 5.41) is 3.63. The Kier molecular flexibility index (Phi) is 4.91. The lowest BCUT2D eigenvalue weighted by molar-refractivity contribution is 0.328. The molecule has 1 N–H and O–H groups in total.